The Morgan fingerprint density at radius 1 is 1.21 bits per heavy atom. The topological polar surface area (TPSA) is 151 Å². The van der Waals surface area contributed by atoms with E-state index in [4.69, 9.17) is 15.0 Å². The molecule has 0 aromatic heterocycles. The van der Waals surface area contributed by atoms with Crippen LogP contribution in [0.25, 0.3) is 10.4 Å². The van der Waals surface area contributed by atoms with Gasteiger partial charge in [-0.1, -0.05) is 25.9 Å². The number of hydrogen-bond acceptors (Lipinski definition) is 7. The maximum Gasteiger partial charge on any atom is 0.407 e. The quantitative estimate of drug-likeness (QED) is 0.195. The zero-order valence-electron chi connectivity index (χ0n) is 16.5. The van der Waals surface area contributed by atoms with Gasteiger partial charge in [-0.05, 0) is 17.4 Å². The standard InChI is InChI=1S/C17H27N5O6/c1-17(2,3)12(11-19-21-18)20-16(26)28-10-9-27-8-4-5-13(23)22-14(24)6-7-15(22)25/h12H,4-11H2,1-3H3,(H,20,26). The summed E-state index contributed by atoms with van der Waals surface area (Å²) in [6.07, 6.45) is -0.0945. The van der Waals surface area contributed by atoms with E-state index in [1.165, 1.54) is 0 Å². The highest BCUT2D eigenvalue weighted by atomic mass is 16.6. The van der Waals surface area contributed by atoms with Gasteiger partial charge < -0.3 is 14.8 Å². The van der Waals surface area contributed by atoms with Crippen molar-refractivity contribution < 1.29 is 28.7 Å². The molecule has 11 heteroatoms. The van der Waals surface area contributed by atoms with Gasteiger partial charge in [0.05, 0.1) is 6.61 Å². The van der Waals surface area contributed by atoms with E-state index in [2.05, 4.69) is 15.3 Å². The number of amides is 4. The van der Waals surface area contributed by atoms with Crippen LogP contribution in [0.2, 0.25) is 0 Å². The second-order valence-electron chi connectivity index (χ2n) is 7.34. The maximum absolute atomic E-state index is 11.8. The number of carbonyl (C=O) groups is 4. The first-order chi connectivity index (χ1) is 13.2. The molecule has 11 nitrogen and oxygen atoms in total. The average molecular weight is 397 g/mol. The van der Waals surface area contributed by atoms with Crippen LogP contribution in [0, 0.1) is 5.41 Å². The number of azide groups is 1. The van der Waals surface area contributed by atoms with Gasteiger partial charge in [0.2, 0.25) is 17.7 Å². The Balaban J connectivity index is 2.17. The molecular weight excluding hydrogens is 370 g/mol. The van der Waals surface area contributed by atoms with Gasteiger partial charge in [0.1, 0.15) is 6.61 Å². The average Bonchev–Trinajstić information content (AvgIpc) is 2.95. The highest BCUT2D eigenvalue weighted by Gasteiger charge is 2.33. The Labute approximate surface area is 163 Å². The van der Waals surface area contributed by atoms with Gasteiger partial charge in [-0.25, -0.2) is 9.69 Å². The van der Waals surface area contributed by atoms with Crippen molar-refractivity contribution in [3.63, 3.8) is 0 Å². The van der Waals surface area contributed by atoms with Crippen LogP contribution < -0.4 is 5.32 Å². The van der Waals surface area contributed by atoms with Crippen molar-refractivity contribution in [2.45, 2.75) is 52.5 Å². The molecule has 1 saturated heterocycles. The minimum Gasteiger partial charge on any atom is -0.447 e. The van der Waals surface area contributed by atoms with Crippen molar-refractivity contribution in [1.82, 2.24) is 10.2 Å². The smallest absolute Gasteiger partial charge is 0.407 e. The van der Waals surface area contributed by atoms with E-state index >= 15 is 0 Å². The third-order valence-corrected chi connectivity index (χ3v) is 4.11. The number of likely N-dealkylation sites (tertiary alicyclic amines) is 1. The second-order valence-corrected chi connectivity index (χ2v) is 7.34. The van der Waals surface area contributed by atoms with Crippen molar-refractivity contribution in [2.75, 3.05) is 26.4 Å². The molecule has 1 fully saturated rings. The summed E-state index contributed by atoms with van der Waals surface area (Å²) < 4.78 is 10.3. The monoisotopic (exact) mass is 397 g/mol. The summed E-state index contributed by atoms with van der Waals surface area (Å²) in [7, 11) is 0. The van der Waals surface area contributed by atoms with Crippen LogP contribution in [-0.2, 0) is 23.9 Å². The molecule has 0 radical (unpaired) electrons. The van der Waals surface area contributed by atoms with Gasteiger partial charge in [-0.15, -0.1) is 0 Å². The van der Waals surface area contributed by atoms with Gasteiger partial charge in [-0.2, -0.15) is 0 Å². The number of rotatable bonds is 10. The van der Waals surface area contributed by atoms with Gasteiger partial charge in [-0.3, -0.25) is 14.4 Å². The predicted octanol–water partition coefficient (Wildman–Crippen LogP) is 1.91. The first-order valence-corrected chi connectivity index (χ1v) is 9.07. The van der Waals surface area contributed by atoms with Crippen LogP contribution in [0.5, 0.6) is 0 Å². The molecule has 0 aromatic carbocycles. The van der Waals surface area contributed by atoms with Crippen molar-refractivity contribution >= 4 is 23.8 Å². The summed E-state index contributed by atoms with van der Waals surface area (Å²) in [5, 5.41) is 6.14. The fourth-order valence-electron chi connectivity index (χ4n) is 2.43. The van der Waals surface area contributed by atoms with E-state index in [1.807, 2.05) is 20.8 Å². The van der Waals surface area contributed by atoms with Gasteiger partial charge >= 0.3 is 6.09 Å². The highest BCUT2D eigenvalue weighted by molar-refractivity contribution is 6.14. The summed E-state index contributed by atoms with van der Waals surface area (Å²) in [6.45, 7) is 6.20. The largest absolute Gasteiger partial charge is 0.447 e. The molecule has 1 rings (SSSR count). The molecular formula is C17H27N5O6. The Kier molecular flexibility index (Phi) is 9.40. The fourth-order valence-corrected chi connectivity index (χ4v) is 2.43. The number of carbonyl (C=O) groups excluding carboxylic acids is 4. The number of nitrogens with zero attached hydrogens (tertiary/aromatic N) is 4. The molecule has 0 spiro atoms. The number of ether oxygens (including phenoxy) is 2. The maximum atomic E-state index is 11.8. The molecule has 1 aliphatic heterocycles. The van der Waals surface area contributed by atoms with Crippen LogP contribution in [0.3, 0.4) is 0 Å². The molecule has 4 amide bonds. The molecule has 0 bridgehead atoms. The summed E-state index contributed by atoms with van der Waals surface area (Å²) in [4.78, 5) is 49.9. The molecule has 156 valence electrons. The Morgan fingerprint density at radius 2 is 1.86 bits per heavy atom. The first kappa shape index (κ1) is 23.4. The Hall–Kier alpha value is -2.65. The molecule has 1 aliphatic rings. The number of nitrogens with one attached hydrogen (secondary N) is 1. The van der Waals surface area contributed by atoms with Gasteiger partial charge in [0.15, 0.2) is 0 Å². The second kappa shape index (κ2) is 11.3. The summed E-state index contributed by atoms with van der Waals surface area (Å²) in [5.41, 5.74) is 8.11. The lowest BCUT2D eigenvalue weighted by molar-refractivity contribution is -0.149. The summed E-state index contributed by atoms with van der Waals surface area (Å²) >= 11 is 0. The van der Waals surface area contributed by atoms with Crippen molar-refractivity contribution in [3.05, 3.63) is 10.4 Å². The molecule has 0 aromatic rings. The van der Waals surface area contributed by atoms with Gasteiger partial charge in [0, 0.05) is 43.4 Å². The zero-order chi connectivity index (χ0) is 21.2. The first-order valence-electron chi connectivity index (χ1n) is 9.07. The zero-order valence-corrected chi connectivity index (χ0v) is 16.5. The minimum atomic E-state index is -0.641. The molecule has 1 unspecified atom stereocenters. The number of imide groups is 3. The fraction of sp³-hybridized carbons (Fsp3) is 0.765. The summed E-state index contributed by atoms with van der Waals surface area (Å²) in [6, 6.07) is -0.376. The minimum absolute atomic E-state index is 0.0151. The van der Waals surface area contributed by atoms with E-state index < -0.39 is 23.8 Å². The summed E-state index contributed by atoms with van der Waals surface area (Å²) in [5.74, 6) is -1.42. The van der Waals surface area contributed by atoms with Crippen LogP contribution in [-0.4, -0.2) is 61.1 Å². The Bertz CT molecular complexity index is 622. The molecule has 28 heavy (non-hydrogen) atoms. The lowest BCUT2D eigenvalue weighted by Gasteiger charge is -2.29. The lowest BCUT2D eigenvalue weighted by Crippen LogP contribution is -2.46. The third-order valence-electron chi connectivity index (χ3n) is 4.11. The molecule has 0 saturated carbocycles. The van der Waals surface area contributed by atoms with E-state index in [1.54, 1.807) is 0 Å². The SMILES string of the molecule is CC(C)(C)C(CN=[N+]=[N-])NC(=O)OCCOCCCC(=O)N1C(=O)CCC1=O. The molecule has 1 N–H and O–H groups in total. The van der Waals surface area contributed by atoms with E-state index in [9.17, 15) is 19.2 Å². The predicted molar refractivity (Wildman–Crippen MR) is 97.9 cm³/mol. The third kappa shape index (κ3) is 7.93. The van der Waals surface area contributed by atoms with Crippen LogP contribution in [0.15, 0.2) is 5.11 Å². The van der Waals surface area contributed by atoms with E-state index in [-0.39, 0.29) is 57.1 Å². The molecule has 0 aliphatic carbocycles. The van der Waals surface area contributed by atoms with Crippen LogP contribution in [0.1, 0.15) is 46.5 Å². The normalized spacial score (nSPS) is 15.2. The Morgan fingerprint density at radius 3 is 2.43 bits per heavy atom. The molecule has 1 heterocycles. The van der Waals surface area contributed by atoms with Crippen LogP contribution >= 0.6 is 0 Å². The molecule has 1 atom stereocenters. The van der Waals surface area contributed by atoms with Crippen LogP contribution in [0.4, 0.5) is 4.79 Å². The van der Waals surface area contributed by atoms with E-state index in [0.717, 1.165) is 0 Å². The van der Waals surface area contributed by atoms with E-state index in [0.29, 0.717) is 11.3 Å². The lowest BCUT2D eigenvalue weighted by atomic mass is 9.87. The number of hydrogen-bond donors (Lipinski definition) is 1. The van der Waals surface area contributed by atoms with Crippen molar-refractivity contribution in [3.8, 4) is 0 Å². The van der Waals surface area contributed by atoms with Crippen molar-refractivity contribution in [1.29, 1.82) is 0 Å². The van der Waals surface area contributed by atoms with Crippen molar-refractivity contribution in [2.24, 2.45) is 10.5 Å². The van der Waals surface area contributed by atoms with Gasteiger partial charge in [0.25, 0.3) is 0 Å². The number of alkyl carbamates (subject to hydrolysis) is 1. The highest BCUT2D eigenvalue weighted by Crippen LogP contribution is 2.19.